The lowest BCUT2D eigenvalue weighted by Gasteiger charge is -2.17. The van der Waals surface area contributed by atoms with Gasteiger partial charge in [-0.2, -0.15) is 0 Å². The molecule has 2 atom stereocenters. The Bertz CT molecular complexity index is 596. The second kappa shape index (κ2) is 5.18. The van der Waals surface area contributed by atoms with Crippen LogP contribution in [0.3, 0.4) is 0 Å². The summed E-state index contributed by atoms with van der Waals surface area (Å²) in [5, 5.41) is 21.6. The zero-order chi connectivity index (χ0) is 14.0. The second-order valence-corrected chi connectivity index (χ2v) is 6.64. The third kappa shape index (κ3) is 3.05. The summed E-state index contributed by atoms with van der Waals surface area (Å²) in [7, 11) is -3.26. The Balaban J connectivity index is 2.25. The maximum Gasteiger partial charge on any atom is 0.156 e. The van der Waals surface area contributed by atoms with Crippen LogP contribution in [0.25, 0.3) is 0 Å². The fourth-order valence-electron chi connectivity index (χ4n) is 1.99. The van der Waals surface area contributed by atoms with Crippen LogP contribution < -0.4 is 4.74 Å². The molecule has 7 heteroatoms. The first-order valence-corrected chi connectivity index (χ1v) is 7.58. The van der Waals surface area contributed by atoms with E-state index in [1.54, 1.807) is 31.2 Å². The van der Waals surface area contributed by atoms with Crippen molar-refractivity contribution in [1.29, 1.82) is 0 Å². The molecule has 2 rings (SSSR count). The number of para-hydroxylation sites is 1. The van der Waals surface area contributed by atoms with Crippen LogP contribution in [0.5, 0.6) is 5.75 Å². The quantitative estimate of drug-likeness (QED) is 0.477. The molecule has 0 saturated carbocycles. The van der Waals surface area contributed by atoms with Crippen molar-refractivity contribution in [1.82, 2.24) is 0 Å². The normalized spacial score (nSPS) is 26.3. The van der Waals surface area contributed by atoms with E-state index in [2.05, 4.69) is 5.16 Å². The van der Waals surface area contributed by atoms with Crippen molar-refractivity contribution in [2.45, 2.75) is 19.1 Å². The van der Waals surface area contributed by atoms with Crippen molar-refractivity contribution >= 4 is 15.5 Å². The smallest absolute Gasteiger partial charge is 0.156 e. The van der Waals surface area contributed by atoms with Crippen LogP contribution in [0, 0.1) is 0 Å². The molecule has 1 aliphatic heterocycles. The largest absolute Gasteiger partial charge is 0.486 e. The Morgan fingerprint density at radius 1 is 1.37 bits per heavy atom. The van der Waals surface area contributed by atoms with Gasteiger partial charge < -0.3 is 15.1 Å². The average Bonchev–Trinajstić information content (AvgIpc) is 2.62. The molecule has 1 aliphatic rings. The molecular weight excluding hydrogens is 270 g/mol. The number of aliphatic hydroxyl groups is 1. The number of hydrogen-bond acceptors (Lipinski definition) is 6. The molecule has 0 spiro atoms. The average molecular weight is 285 g/mol. The maximum atomic E-state index is 11.4. The highest BCUT2D eigenvalue weighted by Crippen LogP contribution is 2.24. The summed E-state index contributed by atoms with van der Waals surface area (Å²) < 4.78 is 28.4. The van der Waals surface area contributed by atoms with Crippen molar-refractivity contribution in [3.63, 3.8) is 0 Å². The highest BCUT2D eigenvalue weighted by Gasteiger charge is 2.38. The van der Waals surface area contributed by atoms with Gasteiger partial charge in [-0.15, -0.1) is 0 Å². The molecule has 0 aromatic heterocycles. The van der Waals surface area contributed by atoms with Crippen LogP contribution in [-0.4, -0.2) is 48.2 Å². The molecule has 1 saturated heterocycles. The Kier molecular flexibility index (Phi) is 3.77. The number of aliphatic hydroxyl groups excluding tert-OH is 1. The second-order valence-electron chi connectivity index (χ2n) is 4.48. The molecule has 19 heavy (non-hydrogen) atoms. The Labute approximate surface area is 111 Å². The zero-order valence-corrected chi connectivity index (χ0v) is 11.2. The van der Waals surface area contributed by atoms with Gasteiger partial charge >= 0.3 is 0 Å². The lowest BCUT2D eigenvalue weighted by Crippen LogP contribution is -2.30. The van der Waals surface area contributed by atoms with E-state index in [4.69, 9.17) is 9.94 Å². The SMILES string of the molecule is C/C(=N\O)c1ccccc1OC1CS(=O)(=O)CC1O. The van der Waals surface area contributed by atoms with E-state index < -0.39 is 22.0 Å². The molecule has 2 unspecified atom stereocenters. The number of hydrogen-bond donors (Lipinski definition) is 2. The van der Waals surface area contributed by atoms with Crippen molar-refractivity contribution in [2.75, 3.05) is 11.5 Å². The molecular formula is C12H15NO5S. The van der Waals surface area contributed by atoms with Gasteiger partial charge in [-0.3, -0.25) is 0 Å². The number of rotatable bonds is 3. The summed E-state index contributed by atoms with van der Waals surface area (Å²) in [6.07, 6.45) is -1.83. The summed E-state index contributed by atoms with van der Waals surface area (Å²) in [6.45, 7) is 1.60. The fraction of sp³-hybridized carbons (Fsp3) is 0.417. The van der Waals surface area contributed by atoms with Gasteiger partial charge in [0.25, 0.3) is 0 Å². The van der Waals surface area contributed by atoms with Gasteiger partial charge in [0.2, 0.25) is 0 Å². The highest BCUT2D eigenvalue weighted by molar-refractivity contribution is 7.91. The van der Waals surface area contributed by atoms with E-state index >= 15 is 0 Å². The van der Waals surface area contributed by atoms with Gasteiger partial charge in [-0.25, -0.2) is 8.42 Å². The van der Waals surface area contributed by atoms with Crippen LogP contribution in [0.4, 0.5) is 0 Å². The predicted molar refractivity (Wildman–Crippen MR) is 69.5 cm³/mol. The van der Waals surface area contributed by atoms with Crippen LogP contribution in [0.1, 0.15) is 12.5 Å². The Morgan fingerprint density at radius 2 is 2.05 bits per heavy atom. The van der Waals surface area contributed by atoms with Crippen molar-refractivity contribution in [3.05, 3.63) is 29.8 Å². The van der Waals surface area contributed by atoms with E-state index in [9.17, 15) is 13.5 Å². The van der Waals surface area contributed by atoms with Crippen LogP contribution in [0.15, 0.2) is 29.4 Å². The van der Waals surface area contributed by atoms with Gasteiger partial charge in [0.15, 0.2) is 9.84 Å². The van der Waals surface area contributed by atoms with Crippen molar-refractivity contribution in [2.24, 2.45) is 5.16 Å². The Hall–Kier alpha value is -1.60. The van der Waals surface area contributed by atoms with Gasteiger partial charge in [0, 0.05) is 5.56 Å². The summed E-state index contributed by atoms with van der Waals surface area (Å²) in [5.41, 5.74) is 0.910. The lowest BCUT2D eigenvalue weighted by molar-refractivity contribution is 0.0736. The van der Waals surface area contributed by atoms with E-state index in [0.717, 1.165) is 0 Å². The number of benzene rings is 1. The summed E-state index contributed by atoms with van der Waals surface area (Å²) in [5.74, 6) is -0.107. The summed E-state index contributed by atoms with van der Waals surface area (Å²) in [4.78, 5) is 0. The Morgan fingerprint density at radius 3 is 2.63 bits per heavy atom. The summed E-state index contributed by atoms with van der Waals surface area (Å²) in [6, 6.07) is 6.81. The molecule has 1 aromatic carbocycles. The molecule has 0 radical (unpaired) electrons. The van der Waals surface area contributed by atoms with Crippen LogP contribution >= 0.6 is 0 Å². The monoisotopic (exact) mass is 285 g/mol. The first-order chi connectivity index (χ1) is 8.93. The number of nitrogens with zero attached hydrogens (tertiary/aromatic N) is 1. The molecule has 0 amide bonds. The third-order valence-electron chi connectivity index (χ3n) is 2.98. The molecule has 1 heterocycles. The standard InChI is InChI=1S/C12H15NO5S/c1-8(13-15)9-4-2-3-5-11(9)18-12-7-19(16,17)6-10(12)14/h2-5,10,12,14-15H,6-7H2,1H3/b13-8+. The van der Waals surface area contributed by atoms with E-state index in [-0.39, 0.29) is 11.5 Å². The van der Waals surface area contributed by atoms with Crippen molar-refractivity contribution < 1.29 is 23.5 Å². The fourth-order valence-corrected chi connectivity index (χ4v) is 3.66. The predicted octanol–water partition coefficient (Wildman–Crippen LogP) is 0.421. The molecule has 1 fully saturated rings. The highest BCUT2D eigenvalue weighted by atomic mass is 32.2. The number of ether oxygens (including phenoxy) is 1. The van der Waals surface area contributed by atoms with Crippen LogP contribution in [-0.2, 0) is 9.84 Å². The van der Waals surface area contributed by atoms with Gasteiger partial charge in [-0.05, 0) is 19.1 Å². The van der Waals surface area contributed by atoms with E-state index in [0.29, 0.717) is 17.0 Å². The molecule has 0 bridgehead atoms. The third-order valence-corrected chi connectivity index (χ3v) is 4.66. The zero-order valence-electron chi connectivity index (χ0n) is 10.4. The molecule has 1 aromatic rings. The minimum atomic E-state index is -3.26. The molecule has 104 valence electrons. The topological polar surface area (TPSA) is 96.2 Å². The summed E-state index contributed by atoms with van der Waals surface area (Å²) >= 11 is 0. The van der Waals surface area contributed by atoms with E-state index in [1.807, 2.05) is 0 Å². The van der Waals surface area contributed by atoms with Gasteiger partial charge in [-0.1, -0.05) is 17.3 Å². The molecule has 6 nitrogen and oxygen atoms in total. The molecule has 0 aliphatic carbocycles. The van der Waals surface area contributed by atoms with Crippen molar-refractivity contribution in [3.8, 4) is 5.75 Å². The van der Waals surface area contributed by atoms with Gasteiger partial charge in [0.05, 0.1) is 17.2 Å². The minimum absolute atomic E-state index is 0.210. The van der Waals surface area contributed by atoms with E-state index in [1.165, 1.54) is 0 Å². The van der Waals surface area contributed by atoms with Gasteiger partial charge in [0.1, 0.15) is 18.0 Å². The number of sulfone groups is 1. The number of oxime groups is 1. The molecule has 2 N–H and O–H groups in total. The lowest BCUT2D eigenvalue weighted by atomic mass is 10.1. The first-order valence-electron chi connectivity index (χ1n) is 5.76. The minimum Gasteiger partial charge on any atom is -0.486 e. The maximum absolute atomic E-state index is 11.4. The van der Waals surface area contributed by atoms with Crippen LogP contribution in [0.2, 0.25) is 0 Å². The first kappa shape index (κ1) is 13.8.